The number of hydrogen-bond donors (Lipinski definition) is 0. The Bertz CT molecular complexity index is 687. The van der Waals surface area contributed by atoms with E-state index in [0.29, 0.717) is 19.8 Å². The topological polar surface area (TPSA) is 64.6 Å². The highest BCUT2D eigenvalue weighted by Crippen LogP contribution is 2.42. The Hall–Kier alpha value is -1.22. The molecule has 7 heteroatoms. The third kappa shape index (κ3) is 4.76. The van der Waals surface area contributed by atoms with Gasteiger partial charge in [0.15, 0.2) is 17.9 Å². The average molecular weight is 408 g/mol. The Labute approximate surface area is 172 Å². The molecule has 0 amide bonds. The first kappa shape index (κ1) is 21.0. The smallest absolute Gasteiger partial charge is 0.190 e. The molecular formula is C22H32O7. The van der Waals surface area contributed by atoms with Crippen LogP contribution in [0.25, 0.3) is 0 Å². The fraction of sp³-hybridized carbons (Fsp3) is 0.727. The standard InChI is InChI=1S/C22H32O7/c1-6-11-23-15-9-7-14(8-10-15)12-24-18-17(16-13-25-21(2,3)27-16)26-20-19(18)28-22(4,5)29-20/h7-10,16-20H,6,11-13H2,1-5H3/t16-,17-,18-,19-,20+/m1/s1. The van der Waals surface area contributed by atoms with Crippen LogP contribution in [0.5, 0.6) is 5.75 Å². The van der Waals surface area contributed by atoms with E-state index < -0.39 is 17.9 Å². The number of ether oxygens (including phenoxy) is 7. The molecule has 0 aliphatic carbocycles. The number of benzene rings is 1. The van der Waals surface area contributed by atoms with Gasteiger partial charge in [0.05, 0.1) is 19.8 Å². The van der Waals surface area contributed by atoms with Gasteiger partial charge in [0.25, 0.3) is 0 Å². The maximum absolute atomic E-state index is 6.30. The van der Waals surface area contributed by atoms with Crippen LogP contribution in [0.15, 0.2) is 24.3 Å². The predicted molar refractivity (Wildman–Crippen MR) is 104 cm³/mol. The molecule has 3 fully saturated rings. The molecule has 1 aromatic carbocycles. The third-order valence-electron chi connectivity index (χ3n) is 5.26. The van der Waals surface area contributed by atoms with Crippen molar-refractivity contribution in [2.75, 3.05) is 13.2 Å². The Balaban J connectivity index is 1.43. The van der Waals surface area contributed by atoms with E-state index in [1.54, 1.807) is 0 Å². The molecule has 5 atom stereocenters. The predicted octanol–water partition coefficient (Wildman–Crippen LogP) is 3.39. The second-order valence-electron chi connectivity index (χ2n) is 8.70. The molecule has 7 nitrogen and oxygen atoms in total. The van der Waals surface area contributed by atoms with Gasteiger partial charge in [-0.1, -0.05) is 19.1 Å². The van der Waals surface area contributed by atoms with Crippen LogP contribution >= 0.6 is 0 Å². The van der Waals surface area contributed by atoms with E-state index in [-0.39, 0.29) is 24.4 Å². The SMILES string of the molecule is CCCOc1ccc(CO[C@H]2[C@H]3OC(C)(C)O[C@@H]3O[C@@H]2[C@H]2COC(C)(C)O2)cc1. The Morgan fingerprint density at radius 1 is 0.966 bits per heavy atom. The lowest BCUT2D eigenvalue weighted by molar-refractivity contribution is -0.236. The minimum Gasteiger partial charge on any atom is -0.494 e. The molecule has 3 heterocycles. The van der Waals surface area contributed by atoms with Gasteiger partial charge in [-0.05, 0) is 51.8 Å². The lowest BCUT2D eigenvalue weighted by Crippen LogP contribution is -2.44. The summed E-state index contributed by atoms with van der Waals surface area (Å²) in [6, 6.07) is 7.96. The van der Waals surface area contributed by atoms with Crippen LogP contribution in [0.4, 0.5) is 0 Å². The van der Waals surface area contributed by atoms with Gasteiger partial charge >= 0.3 is 0 Å². The largest absolute Gasteiger partial charge is 0.494 e. The first-order valence-corrected chi connectivity index (χ1v) is 10.4. The highest BCUT2D eigenvalue weighted by atomic mass is 16.8. The highest BCUT2D eigenvalue weighted by molar-refractivity contribution is 5.26. The molecule has 4 rings (SSSR count). The molecule has 0 saturated carbocycles. The van der Waals surface area contributed by atoms with Gasteiger partial charge in [-0.15, -0.1) is 0 Å². The van der Waals surface area contributed by atoms with Gasteiger partial charge in [0, 0.05) is 0 Å². The fourth-order valence-electron chi connectivity index (χ4n) is 3.96. The lowest BCUT2D eigenvalue weighted by atomic mass is 10.1. The van der Waals surface area contributed by atoms with E-state index in [4.69, 9.17) is 33.2 Å². The van der Waals surface area contributed by atoms with Gasteiger partial charge in [-0.2, -0.15) is 0 Å². The second kappa shape index (κ2) is 8.13. The quantitative estimate of drug-likeness (QED) is 0.685. The summed E-state index contributed by atoms with van der Waals surface area (Å²) in [5.74, 6) is -0.469. The number of fused-ring (bicyclic) bond motifs is 1. The van der Waals surface area contributed by atoms with Crippen LogP contribution in [0.1, 0.15) is 46.6 Å². The molecular weight excluding hydrogens is 376 g/mol. The first-order valence-electron chi connectivity index (χ1n) is 10.4. The number of rotatable bonds is 7. The summed E-state index contributed by atoms with van der Waals surface area (Å²) < 4.78 is 41.9. The molecule has 0 bridgehead atoms. The summed E-state index contributed by atoms with van der Waals surface area (Å²) >= 11 is 0. The lowest BCUT2D eigenvalue weighted by Gasteiger charge is -2.29. The van der Waals surface area contributed by atoms with Crippen LogP contribution in [0.3, 0.4) is 0 Å². The Kier molecular flexibility index (Phi) is 5.90. The van der Waals surface area contributed by atoms with Crippen molar-refractivity contribution in [3.8, 4) is 5.75 Å². The molecule has 0 spiro atoms. The second-order valence-corrected chi connectivity index (χ2v) is 8.70. The van der Waals surface area contributed by atoms with Crippen molar-refractivity contribution < 1.29 is 33.2 Å². The summed E-state index contributed by atoms with van der Waals surface area (Å²) in [6.07, 6.45) is -0.679. The van der Waals surface area contributed by atoms with Crippen LogP contribution in [-0.4, -0.2) is 55.5 Å². The molecule has 0 N–H and O–H groups in total. The van der Waals surface area contributed by atoms with E-state index in [2.05, 4.69) is 6.92 Å². The maximum atomic E-state index is 6.30. The monoisotopic (exact) mass is 408 g/mol. The van der Waals surface area contributed by atoms with Crippen molar-refractivity contribution in [2.24, 2.45) is 0 Å². The van der Waals surface area contributed by atoms with Crippen molar-refractivity contribution in [2.45, 2.75) is 89.9 Å². The minimum absolute atomic E-state index is 0.235. The maximum Gasteiger partial charge on any atom is 0.190 e. The average Bonchev–Trinajstić information content (AvgIpc) is 3.28. The van der Waals surface area contributed by atoms with Crippen molar-refractivity contribution in [1.29, 1.82) is 0 Å². The molecule has 3 aliphatic rings. The summed E-state index contributed by atoms with van der Waals surface area (Å²) in [5.41, 5.74) is 1.05. The van der Waals surface area contributed by atoms with Crippen LogP contribution in [0, 0.1) is 0 Å². The molecule has 0 radical (unpaired) electrons. The van der Waals surface area contributed by atoms with Crippen LogP contribution in [-0.2, 0) is 35.0 Å². The first-order chi connectivity index (χ1) is 13.8. The van der Waals surface area contributed by atoms with Gasteiger partial charge in [-0.3, -0.25) is 0 Å². The van der Waals surface area contributed by atoms with E-state index in [1.807, 2.05) is 52.0 Å². The fourth-order valence-corrected chi connectivity index (χ4v) is 3.96. The zero-order chi connectivity index (χ0) is 20.6. The molecule has 29 heavy (non-hydrogen) atoms. The van der Waals surface area contributed by atoms with Crippen molar-refractivity contribution in [3.63, 3.8) is 0 Å². The molecule has 162 valence electrons. The van der Waals surface area contributed by atoms with Crippen molar-refractivity contribution in [1.82, 2.24) is 0 Å². The molecule has 3 aliphatic heterocycles. The Morgan fingerprint density at radius 3 is 2.38 bits per heavy atom. The van der Waals surface area contributed by atoms with Gasteiger partial charge in [-0.25, -0.2) is 0 Å². The van der Waals surface area contributed by atoms with E-state index >= 15 is 0 Å². The molecule has 1 aromatic rings. The summed E-state index contributed by atoms with van der Waals surface area (Å²) in [6.45, 7) is 11.3. The Morgan fingerprint density at radius 2 is 1.72 bits per heavy atom. The van der Waals surface area contributed by atoms with Crippen LogP contribution < -0.4 is 4.74 Å². The zero-order valence-corrected chi connectivity index (χ0v) is 17.9. The van der Waals surface area contributed by atoms with Gasteiger partial charge in [0.1, 0.15) is 30.2 Å². The number of hydrogen-bond acceptors (Lipinski definition) is 7. The molecule has 0 aromatic heterocycles. The summed E-state index contributed by atoms with van der Waals surface area (Å²) in [7, 11) is 0. The van der Waals surface area contributed by atoms with E-state index in [9.17, 15) is 0 Å². The normalized spacial score (nSPS) is 35.0. The van der Waals surface area contributed by atoms with Crippen molar-refractivity contribution in [3.05, 3.63) is 29.8 Å². The van der Waals surface area contributed by atoms with Crippen LogP contribution in [0.2, 0.25) is 0 Å². The highest BCUT2D eigenvalue weighted by Gasteiger charge is 2.58. The van der Waals surface area contributed by atoms with Crippen molar-refractivity contribution >= 4 is 0 Å². The molecule has 3 saturated heterocycles. The van der Waals surface area contributed by atoms with Gasteiger partial charge in [0.2, 0.25) is 0 Å². The van der Waals surface area contributed by atoms with Gasteiger partial charge < -0.3 is 33.2 Å². The summed E-state index contributed by atoms with van der Waals surface area (Å²) in [4.78, 5) is 0. The molecule has 0 unspecified atom stereocenters. The summed E-state index contributed by atoms with van der Waals surface area (Å²) in [5, 5.41) is 0. The minimum atomic E-state index is -0.702. The van der Waals surface area contributed by atoms with E-state index in [1.165, 1.54) is 0 Å². The zero-order valence-electron chi connectivity index (χ0n) is 17.9. The van der Waals surface area contributed by atoms with E-state index in [0.717, 1.165) is 17.7 Å². The third-order valence-corrected chi connectivity index (χ3v) is 5.26.